The Morgan fingerprint density at radius 3 is 2.23 bits per heavy atom. The molecule has 0 fully saturated rings. The Bertz CT molecular complexity index is 1450. The second-order valence-electron chi connectivity index (χ2n) is 7.49. The zero-order chi connectivity index (χ0) is 24.8. The smallest absolute Gasteiger partial charge is 0.292 e. The molecule has 1 N–H and O–H groups in total. The van der Waals surface area contributed by atoms with Crippen LogP contribution >= 0.6 is 0 Å². The average molecular weight is 473 g/mol. The van der Waals surface area contributed by atoms with E-state index in [1.54, 1.807) is 36.4 Å². The minimum atomic E-state index is -0.557. The molecule has 0 aliphatic carbocycles. The lowest BCUT2D eigenvalue weighted by atomic mass is 10.1. The summed E-state index contributed by atoms with van der Waals surface area (Å²) in [6.07, 6.45) is 1.43. The Morgan fingerprint density at radius 2 is 1.54 bits per heavy atom. The van der Waals surface area contributed by atoms with Crippen LogP contribution in [-0.2, 0) is 6.54 Å². The standard InChI is InChI=1S/C26H24N4O5/c1-33-21-14-23(35-3)22(34-2)13-18(21)15-27-28-25(31)24-19-11-7-8-12-20(19)26(32)30(29-24)16-17-9-5-4-6-10-17/h4-15H,16H2,1-3H3,(H,28,31). The van der Waals surface area contributed by atoms with E-state index in [0.29, 0.717) is 33.6 Å². The predicted octanol–water partition coefficient (Wildman–Crippen LogP) is 3.23. The Hall–Kier alpha value is -4.66. The highest BCUT2D eigenvalue weighted by molar-refractivity contribution is 6.05. The van der Waals surface area contributed by atoms with Crippen molar-refractivity contribution < 1.29 is 19.0 Å². The van der Waals surface area contributed by atoms with Gasteiger partial charge >= 0.3 is 0 Å². The van der Waals surface area contributed by atoms with Crippen LogP contribution in [0.15, 0.2) is 76.6 Å². The zero-order valence-corrected chi connectivity index (χ0v) is 19.5. The lowest BCUT2D eigenvalue weighted by Crippen LogP contribution is -2.29. The Balaban J connectivity index is 1.66. The molecule has 0 spiro atoms. The number of nitrogens with one attached hydrogen (secondary N) is 1. The van der Waals surface area contributed by atoms with Crippen LogP contribution in [0, 0.1) is 0 Å². The van der Waals surface area contributed by atoms with E-state index < -0.39 is 5.91 Å². The van der Waals surface area contributed by atoms with E-state index in [1.165, 1.54) is 32.2 Å². The van der Waals surface area contributed by atoms with Crippen molar-refractivity contribution in [3.8, 4) is 17.2 Å². The Morgan fingerprint density at radius 1 is 0.914 bits per heavy atom. The number of carbonyl (C=O) groups is 1. The first kappa shape index (κ1) is 23.5. The first-order valence-corrected chi connectivity index (χ1v) is 10.7. The summed E-state index contributed by atoms with van der Waals surface area (Å²) in [5.41, 5.74) is 3.76. The van der Waals surface area contributed by atoms with Gasteiger partial charge in [-0.15, -0.1) is 0 Å². The molecule has 0 radical (unpaired) electrons. The number of hydrazone groups is 1. The number of fused-ring (bicyclic) bond motifs is 1. The summed E-state index contributed by atoms with van der Waals surface area (Å²) in [5.74, 6) is 0.919. The van der Waals surface area contributed by atoms with E-state index in [0.717, 1.165) is 5.56 Å². The molecule has 0 bridgehead atoms. The summed E-state index contributed by atoms with van der Waals surface area (Å²) in [4.78, 5) is 26.1. The maximum atomic E-state index is 13.1. The molecule has 9 nitrogen and oxygen atoms in total. The van der Waals surface area contributed by atoms with Gasteiger partial charge in [-0.05, 0) is 17.7 Å². The van der Waals surface area contributed by atoms with Crippen molar-refractivity contribution >= 4 is 22.9 Å². The van der Waals surface area contributed by atoms with Crippen molar-refractivity contribution in [1.29, 1.82) is 0 Å². The maximum Gasteiger partial charge on any atom is 0.292 e. The van der Waals surface area contributed by atoms with Crippen LogP contribution in [0.4, 0.5) is 0 Å². The number of hydrogen-bond donors (Lipinski definition) is 1. The fourth-order valence-electron chi connectivity index (χ4n) is 3.63. The second kappa shape index (κ2) is 10.5. The highest BCUT2D eigenvalue weighted by Crippen LogP contribution is 2.33. The van der Waals surface area contributed by atoms with Gasteiger partial charge in [0.2, 0.25) is 0 Å². The Kier molecular flexibility index (Phi) is 7.06. The molecule has 0 atom stereocenters. The molecule has 0 unspecified atom stereocenters. The van der Waals surface area contributed by atoms with Crippen LogP contribution in [0.5, 0.6) is 17.2 Å². The summed E-state index contributed by atoms with van der Waals surface area (Å²) >= 11 is 0. The third-order valence-corrected chi connectivity index (χ3v) is 5.36. The van der Waals surface area contributed by atoms with E-state index in [1.807, 2.05) is 30.3 Å². The zero-order valence-electron chi connectivity index (χ0n) is 19.5. The molecule has 178 valence electrons. The molecule has 0 aliphatic heterocycles. The van der Waals surface area contributed by atoms with E-state index >= 15 is 0 Å². The summed E-state index contributed by atoms with van der Waals surface area (Å²) < 4.78 is 17.3. The molecule has 4 rings (SSSR count). The van der Waals surface area contributed by atoms with Crippen LogP contribution in [0.1, 0.15) is 21.6 Å². The van der Waals surface area contributed by atoms with Crippen molar-refractivity contribution in [3.05, 3.63) is 93.9 Å². The summed E-state index contributed by atoms with van der Waals surface area (Å²) in [6, 6.07) is 19.6. The maximum absolute atomic E-state index is 13.1. The lowest BCUT2D eigenvalue weighted by molar-refractivity contribution is 0.0949. The van der Waals surface area contributed by atoms with Gasteiger partial charge in [0, 0.05) is 17.0 Å². The summed E-state index contributed by atoms with van der Waals surface area (Å²) in [5, 5.41) is 9.27. The van der Waals surface area contributed by atoms with E-state index in [9.17, 15) is 9.59 Å². The van der Waals surface area contributed by atoms with Gasteiger partial charge in [-0.2, -0.15) is 10.2 Å². The van der Waals surface area contributed by atoms with Gasteiger partial charge in [0.05, 0.1) is 39.5 Å². The van der Waals surface area contributed by atoms with E-state index in [-0.39, 0.29) is 17.8 Å². The molecule has 0 saturated heterocycles. The molecule has 1 heterocycles. The van der Waals surface area contributed by atoms with Crippen molar-refractivity contribution in [2.45, 2.75) is 6.54 Å². The van der Waals surface area contributed by atoms with E-state index in [2.05, 4.69) is 15.6 Å². The van der Waals surface area contributed by atoms with Crippen LogP contribution in [0.25, 0.3) is 10.8 Å². The Labute approximate surface area is 201 Å². The number of nitrogens with zero attached hydrogens (tertiary/aromatic N) is 3. The summed E-state index contributed by atoms with van der Waals surface area (Å²) in [6.45, 7) is 0.233. The minimum absolute atomic E-state index is 0.0903. The van der Waals surface area contributed by atoms with Gasteiger partial charge in [-0.25, -0.2) is 10.1 Å². The molecular weight excluding hydrogens is 448 g/mol. The number of benzene rings is 3. The van der Waals surface area contributed by atoms with Gasteiger partial charge in [0.1, 0.15) is 5.75 Å². The number of hydrogen-bond acceptors (Lipinski definition) is 7. The highest BCUT2D eigenvalue weighted by atomic mass is 16.5. The molecule has 4 aromatic rings. The number of aromatic nitrogens is 2. The van der Waals surface area contributed by atoms with Crippen LogP contribution in [-0.4, -0.2) is 43.2 Å². The second-order valence-corrected chi connectivity index (χ2v) is 7.49. The third-order valence-electron chi connectivity index (χ3n) is 5.36. The van der Waals surface area contributed by atoms with Crippen molar-refractivity contribution in [2.24, 2.45) is 5.10 Å². The predicted molar refractivity (Wildman–Crippen MR) is 133 cm³/mol. The molecule has 3 aromatic carbocycles. The van der Waals surface area contributed by atoms with Crippen LogP contribution in [0.2, 0.25) is 0 Å². The molecule has 1 amide bonds. The van der Waals surface area contributed by atoms with E-state index in [4.69, 9.17) is 14.2 Å². The van der Waals surface area contributed by atoms with Crippen LogP contribution in [0.3, 0.4) is 0 Å². The van der Waals surface area contributed by atoms with Gasteiger partial charge in [-0.3, -0.25) is 9.59 Å². The van der Waals surface area contributed by atoms with Crippen molar-refractivity contribution in [1.82, 2.24) is 15.2 Å². The number of amides is 1. The first-order valence-electron chi connectivity index (χ1n) is 10.7. The molecule has 9 heteroatoms. The van der Waals surface area contributed by atoms with Gasteiger partial charge in [0.15, 0.2) is 17.2 Å². The monoisotopic (exact) mass is 472 g/mol. The van der Waals surface area contributed by atoms with Gasteiger partial charge in [-0.1, -0.05) is 48.5 Å². The van der Waals surface area contributed by atoms with Crippen molar-refractivity contribution in [2.75, 3.05) is 21.3 Å². The molecule has 1 aromatic heterocycles. The largest absolute Gasteiger partial charge is 0.496 e. The molecule has 0 aliphatic rings. The van der Waals surface area contributed by atoms with Gasteiger partial charge in [0.25, 0.3) is 11.5 Å². The highest BCUT2D eigenvalue weighted by Gasteiger charge is 2.17. The molecule has 0 saturated carbocycles. The fourth-order valence-corrected chi connectivity index (χ4v) is 3.63. The number of rotatable bonds is 8. The average Bonchev–Trinajstić information content (AvgIpc) is 2.90. The molecular formula is C26H24N4O5. The van der Waals surface area contributed by atoms with Gasteiger partial charge < -0.3 is 14.2 Å². The normalized spacial score (nSPS) is 10.9. The lowest BCUT2D eigenvalue weighted by Gasteiger charge is -2.12. The SMILES string of the molecule is COc1cc(OC)c(OC)cc1C=NNC(=O)c1nn(Cc2ccccc2)c(=O)c2ccccc12. The number of ether oxygens (including phenoxy) is 3. The van der Waals surface area contributed by atoms with Crippen LogP contribution < -0.4 is 25.2 Å². The number of methoxy groups -OCH3 is 3. The third kappa shape index (κ3) is 4.98. The molecule has 35 heavy (non-hydrogen) atoms. The minimum Gasteiger partial charge on any atom is -0.496 e. The fraction of sp³-hybridized carbons (Fsp3) is 0.154. The van der Waals surface area contributed by atoms with Crippen molar-refractivity contribution in [3.63, 3.8) is 0 Å². The first-order chi connectivity index (χ1) is 17.0. The topological polar surface area (TPSA) is 104 Å². The summed E-state index contributed by atoms with van der Waals surface area (Å²) in [7, 11) is 4.57. The number of carbonyl (C=O) groups excluding carboxylic acids is 1. The quantitative estimate of drug-likeness (QED) is 0.312.